The predicted octanol–water partition coefficient (Wildman–Crippen LogP) is 2.37. The highest BCUT2D eigenvalue weighted by molar-refractivity contribution is 4.84. The van der Waals surface area contributed by atoms with Crippen LogP contribution in [-0.4, -0.2) is 50.3 Å². The van der Waals surface area contributed by atoms with E-state index >= 15 is 0 Å². The summed E-state index contributed by atoms with van der Waals surface area (Å²) in [5.74, 6) is 2.43. The van der Waals surface area contributed by atoms with Crippen molar-refractivity contribution in [3.05, 3.63) is 0 Å². The van der Waals surface area contributed by atoms with Crippen LogP contribution in [0.3, 0.4) is 0 Å². The molecule has 2 rings (SSSR count). The van der Waals surface area contributed by atoms with Gasteiger partial charge in [-0.15, -0.1) is 0 Å². The van der Waals surface area contributed by atoms with E-state index in [4.69, 9.17) is 4.74 Å². The standard InChI is InChI=1S/C16H32N2O/c1-4-7-17-16-6-9-19-12-15(16)11-18-8-5-13(2)14(3)10-18/h13-17H,4-12H2,1-3H3. The van der Waals surface area contributed by atoms with E-state index < -0.39 is 0 Å². The average molecular weight is 268 g/mol. The fraction of sp³-hybridized carbons (Fsp3) is 1.00. The monoisotopic (exact) mass is 268 g/mol. The van der Waals surface area contributed by atoms with E-state index in [0.29, 0.717) is 12.0 Å². The van der Waals surface area contributed by atoms with Crippen molar-refractivity contribution in [2.24, 2.45) is 17.8 Å². The molecule has 2 heterocycles. The van der Waals surface area contributed by atoms with Crippen LogP contribution in [0.1, 0.15) is 40.0 Å². The zero-order valence-corrected chi connectivity index (χ0v) is 13.0. The molecule has 19 heavy (non-hydrogen) atoms. The van der Waals surface area contributed by atoms with Crippen molar-refractivity contribution < 1.29 is 4.74 Å². The number of piperidine rings is 1. The Morgan fingerprint density at radius 3 is 2.79 bits per heavy atom. The summed E-state index contributed by atoms with van der Waals surface area (Å²) in [4.78, 5) is 2.67. The maximum atomic E-state index is 5.72. The fourth-order valence-corrected chi connectivity index (χ4v) is 3.42. The van der Waals surface area contributed by atoms with E-state index in [1.54, 1.807) is 0 Å². The van der Waals surface area contributed by atoms with Crippen LogP contribution in [0.2, 0.25) is 0 Å². The highest BCUT2D eigenvalue weighted by atomic mass is 16.5. The molecule has 3 heteroatoms. The molecule has 112 valence electrons. The predicted molar refractivity (Wildman–Crippen MR) is 80.4 cm³/mol. The third-order valence-electron chi connectivity index (χ3n) is 5.04. The molecule has 0 bridgehead atoms. The van der Waals surface area contributed by atoms with Gasteiger partial charge < -0.3 is 15.0 Å². The lowest BCUT2D eigenvalue weighted by molar-refractivity contribution is 0.00735. The first-order chi connectivity index (χ1) is 9.20. The Hall–Kier alpha value is -0.120. The molecule has 0 aromatic carbocycles. The first-order valence-electron chi connectivity index (χ1n) is 8.24. The van der Waals surface area contributed by atoms with Crippen molar-refractivity contribution in [3.8, 4) is 0 Å². The number of ether oxygens (including phenoxy) is 1. The molecule has 2 fully saturated rings. The molecule has 4 atom stereocenters. The Bertz CT molecular complexity index is 259. The number of likely N-dealkylation sites (tertiary alicyclic amines) is 1. The molecule has 3 nitrogen and oxygen atoms in total. The van der Waals surface area contributed by atoms with Crippen LogP contribution >= 0.6 is 0 Å². The number of hydrogen-bond acceptors (Lipinski definition) is 3. The largest absolute Gasteiger partial charge is 0.381 e. The van der Waals surface area contributed by atoms with Crippen LogP contribution < -0.4 is 5.32 Å². The van der Waals surface area contributed by atoms with Crippen LogP contribution in [0.4, 0.5) is 0 Å². The molecular formula is C16H32N2O. The molecule has 0 amide bonds. The molecular weight excluding hydrogens is 236 g/mol. The van der Waals surface area contributed by atoms with Crippen LogP contribution in [0, 0.1) is 17.8 Å². The number of nitrogens with zero attached hydrogens (tertiary/aromatic N) is 1. The van der Waals surface area contributed by atoms with Crippen LogP contribution in [0.5, 0.6) is 0 Å². The van der Waals surface area contributed by atoms with Crippen LogP contribution in [0.15, 0.2) is 0 Å². The SMILES string of the molecule is CCCNC1CCOCC1CN1CCC(C)C(C)C1. The van der Waals surface area contributed by atoms with E-state index in [1.807, 2.05) is 0 Å². The quantitative estimate of drug-likeness (QED) is 0.828. The van der Waals surface area contributed by atoms with Crippen molar-refractivity contribution in [2.75, 3.05) is 39.4 Å². The van der Waals surface area contributed by atoms with Gasteiger partial charge in [-0.25, -0.2) is 0 Å². The molecule has 0 aromatic rings. The minimum atomic E-state index is 0.670. The highest BCUT2D eigenvalue weighted by Gasteiger charge is 2.29. The summed E-state index contributed by atoms with van der Waals surface area (Å²) in [6, 6.07) is 0.670. The summed E-state index contributed by atoms with van der Waals surface area (Å²) in [6.45, 7) is 13.9. The summed E-state index contributed by atoms with van der Waals surface area (Å²) in [5, 5.41) is 3.72. The molecule has 2 saturated heterocycles. The molecule has 0 aliphatic carbocycles. The number of rotatable bonds is 5. The Balaban J connectivity index is 1.81. The van der Waals surface area contributed by atoms with E-state index in [-0.39, 0.29) is 0 Å². The zero-order chi connectivity index (χ0) is 13.7. The lowest BCUT2D eigenvalue weighted by Crippen LogP contribution is -2.50. The van der Waals surface area contributed by atoms with Gasteiger partial charge in [0.1, 0.15) is 0 Å². The van der Waals surface area contributed by atoms with Crippen molar-refractivity contribution in [2.45, 2.75) is 46.1 Å². The molecule has 0 spiro atoms. The Labute approximate surface area is 119 Å². The third-order valence-corrected chi connectivity index (χ3v) is 5.04. The first-order valence-corrected chi connectivity index (χ1v) is 8.24. The Morgan fingerprint density at radius 1 is 1.21 bits per heavy atom. The van der Waals surface area contributed by atoms with Gasteiger partial charge in [0.15, 0.2) is 0 Å². The van der Waals surface area contributed by atoms with E-state index in [1.165, 1.54) is 38.9 Å². The molecule has 0 saturated carbocycles. The Kier molecular flexibility index (Phi) is 6.11. The summed E-state index contributed by atoms with van der Waals surface area (Å²) in [7, 11) is 0. The molecule has 2 aliphatic heterocycles. The van der Waals surface area contributed by atoms with Gasteiger partial charge in [-0.1, -0.05) is 20.8 Å². The second-order valence-corrected chi connectivity index (χ2v) is 6.69. The number of hydrogen-bond donors (Lipinski definition) is 1. The van der Waals surface area contributed by atoms with Crippen molar-refractivity contribution >= 4 is 0 Å². The van der Waals surface area contributed by atoms with Crippen LogP contribution in [0.25, 0.3) is 0 Å². The summed E-state index contributed by atoms with van der Waals surface area (Å²) < 4.78 is 5.72. The summed E-state index contributed by atoms with van der Waals surface area (Å²) in [5.41, 5.74) is 0. The Morgan fingerprint density at radius 2 is 2.05 bits per heavy atom. The first kappa shape index (κ1) is 15.3. The molecule has 0 aromatic heterocycles. The molecule has 1 N–H and O–H groups in total. The normalized spacial score (nSPS) is 37.4. The van der Waals surface area contributed by atoms with Crippen molar-refractivity contribution in [1.29, 1.82) is 0 Å². The van der Waals surface area contributed by atoms with E-state index in [0.717, 1.165) is 31.6 Å². The van der Waals surface area contributed by atoms with Gasteiger partial charge >= 0.3 is 0 Å². The van der Waals surface area contributed by atoms with Gasteiger partial charge in [-0.3, -0.25) is 0 Å². The lowest BCUT2D eigenvalue weighted by Gasteiger charge is -2.40. The van der Waals surface area contributed by atoms with Gasteiger partial charge in [0, 0.05) is 31.7 Å². The molecule has 0 radical (unpaired) electrons. The highest BCUT2D eigenvalue weighted by Crippen LogP contribution is 2.24. The number of nitrogens with one attached hydrogen (secondary N) is 1. The maximum Gasteiger partial charge on any atom is 0.0521 e. The molecule has 2 aliphatic rings. The summed E-state index contributed by atoms with van der Waals surface area (Å²) in [6.07, 6.45) is 3.77. The average Bonchev–Trinajstić information content (AvgIpc) is 2.42. The lowest BCUT2D eigenvalue weighted by atomic mass is 9.87. The van der Waals surface area contributed by atoms with Gasteiger partial charge in [0.05, 0.1) is 6.61 Å². The minimum absolute atomic E-state index is 0.670. The third kappa shape index (κ3) is 4.44. The second kappa shape index (κ2) is 7.61. The smallest absolute Gasteiger partial charge is 0.0521 e. The van der Waals surface area contributed by atoms with Gasteiger partial charge in [0.2, 0.25) is 0 Å². The topological polar surface area (TPSA) is 24.5 Å². The second-order valence-electron chi connectivity index (χ2n) is 6.69. The van der Waals surface area contributed by atoms with Crippen molar-refractivity contribution in [1.82, 2.24) is 10.2 Å². The summed E-state index contributed by atoms with van der Waals surface area (Å²) >= 11 is 0. The minimum Gasteiger partial charge on any atom is -0.381 e. The fourth-order valence-electron chi connectivity index (χ4n) is 3.42. The zero-order valence-electron chi connectivity index (χ0n) is 13.0. The van der Waals surface area contributed by atoms with Gasteiger partial charge in [-0.05, 0) is 44.2 Å². The molecule has 4 unspecified atom stereocenters. The van der Waals surface area contributed by atoms with E-state index in [9.17, 15) is 0 Å². The van der Waals surface area contributed by atoms with Crippen molar-refractivity contribution in [3.63, 3.8) is 0 Å². The van der Waals surface area contributed by atoms with E-state index in [2.05, 4.69) is 31.0 Å². The maximum absolute atomic E-state index is 5.72. The van der Waals surface area contributed by atoms with Gasteiger partial charge in [0.25, 0.3) is 0 Å². The van der Waals surface area contributed by atoms with Crippen LogP contribution in [-0.2, 0) is 4.74 Å². The van der Waals surface area contributed by atoms with Gasteiger partial charge in [-0.2, -0.15) is 0 Å².